The molecule has 8 heteroatoms. The van der Waals surface area contributed by atoms with E-state index in [1.807, 2.05) is 25.1 Å². The van der Waals surface area contributed by atoms with Gasteiger partial charge in [-0.1, -0.05) is 30.3 Å². The summed E-state index contributed by atoms with van der Waals surface area (Å²) in [6, 6.07) is 14.3. The van der Waals surface area contributed by atoms with Gasteiger partial charge in [0.15, 0.2) is 5.96 Å². The number of aliphatic imine (C=N–C) groups is 1. The molecule has 7 nitrogen and oxygen atoms in total. The van der Waals surface area contributed by atoms with Crippen LogP contribution in [0.1, 0.15) is 19.8 Å². The van der Waals surface area contributed by atoms with Gasteiger partial charge in [0.25, 0.3) is 0 Å². The molecule has 0 fully saturated rings. The van der Waals surface area contributed by atoms with Crippen LogP contribution in [-0.4, -0.2) is 53.4 Å². The third kappa shape index (κ3) is 8.58. The largest absolute Gasteiger partial charge is 0.494 e. The first-order valence-electron chi connectivity index (χ1n) is 9.56. The highest BCUT2D eigenvalue weighted by atomic mass is 32.2. The third-order valence-electron chi connectivity index (χ3n) is 3.92. The first kappa shape index (κ1) is 22.0. The van der Waals surface area contributed by atoms with Gasteiger partial charge in [0.2, 0.25) is 10.0 Å². The lowest BCUT2D eigenvalue weighted by Crippen LogP contribution is -2.38. The number of rotatable bonds is 11. The van der Waals surface area contributed by atoms with Gasteiger partial charge in [-0.2, -0.15) is 0 Å². The van der Waals surface area contributed by atoms with Crippen LogP contribution < -0.4 is 20.1 Å². The lowest BCUT2D eigenvalue weighted by molar-refractivity contribution is 0.314. The van der Waals surface area contributed by atoms with Crippen molar-refractivity contribution in [2.45, 2.75) is 19.8 Å². The van der Waals surface area contributed by atoms with Gasteiger partial charge < -0.3 is 15.4 Å². The standard InChI is InChI=1S/C20H30N4O3S/c1-3-21-20(22-12-6-14-24-28(2,25)26)23-13-7-15-27-19-11-10-17-8-4-5-9-18(17)16-19/h4-5,8-11,16,24H,3,6-7,12-15H2,1-2H3,(H2,21,22,23). The van der Waals surface area contributed by atoms with Crippen molar-refractivity contribution < 1.29 is 13.2 Å². The molecule has 0 saturated heterocycles. The van der Waals surface area contributed by atoms with Gasteiger partial charge in [-0.15, -0.1) is 0 Å². The van der Waals surface area contributed by atoms with Crippen LogP contribution in [0.15, 0.2) is 47.5 Å². The minimum atomic E-state index is -3.13. The highest BCUT2D eigenvalue weighted by molar-refractivity contribution is 7.88. The summed E-state index contributed by atoms with van der Waals surface area (Å²) in [6.45, 7) is 5.06. The van der Waals surface area contributed by atoms with E-state index < -0.39 is 10.0 Å². The molecule has 0 aliphatic heterocycles. The maximum absolute atomic E-state index is 11.0. The van der Waals surface area contributed by atoms with E-state index in [4.69, 9.17) is 4.74 Å². The number of sulfonamides is 1. The molecule has 3 N–H and O–H groups in total. The first-order valence-corrected chi connectivity index (χ1v) is 11.5. The molecule has 0 unspecified atom stereocenters. The number of hydrogen-bond acceptors (Lipinski definition) is 4. The van der Waals surface area contributed by atoms with Gasteiger partial charge in [0.1, 0.15) is 5.75 Å². The molecule has 0 aliphatic carbocycles. The highest BCUT2D eigenvalue weighted by Gasteiger charge is 2.01. The van der Waals surface area contributed by atoms with Gasteiger partial charge in [-0.25, -0.2) is 13.1 Å². The SMILES string of the molecule is CCNC(=NCCCOc1ccc2ccccc2c1)NCCCNS(C)(=O)=O. The van der Waals surface area contributed by atoms with Crippen molar-refractivity contribution in [2.75, 3.05) is 39.0 Å². The third-order valence-corrected chi connectivity index (χ3v) is 4.65. The molecule has 0 atom stereocenters. The number of fused-ring (bicyclic) bond motifs is 1. The van der Waals surface area contributed by atoms with Crippen molar-refractivity contribution in [3.05, 3.63) is 42.5 Å². The Kier molecular flexibility index (Phi) is 9.03. The fourth-order valence-corrected chi connectivity index (χ4v) is 3.11. The number of nitrogens with zero attached hydrogens (tertiary/aromatic N) is 1. The van der Waals surface area contributed by atoms with Gasteiger partial charge in [-0.05, 0) is 36.2 Å². The lowest BCUT2D eigenvalue weighted by Gasteiger charge is -2.11. The van der Waals surface area contributed by atoms with Crippen molar-refractivity contribution in [1.82, 2.24) is 15.4 Å². The molecule has 0 amide bonds. The van der Waals surface area contributed by atoms with E-state index in [0.717, 1.165) is 30.9 Å². The normalized spacial score (nSPS) is 12.1. The number of hydrogen-bond donors (Lipinski definition) is 3. The summed E-state index contributed by atoms with van der Waals surface area (Å²) in [7, 11) is -3.13. The van der Waals surface area contributed by atoms with Crippen molar-refractivity contribution in [3.63, 3.8) is 0 Å². The summed E-state index contributed by atoms with van der Waals surface area (Å²) in [4.78, 5) is 4.52. The molecule has 2 aromatic carbocycles. The Morgan fingerprint density at radius 3 is 2.57 bits per heavy atom. The van der Waals surface area contributed by atoms with Gasteiger partial charge in [0.05, 0.1) is 12.9 Å². The van der Waals surface area contributed by atoms with Crippen molar-refractivity contribution in [2.24, 2.45) is 4.99 Å². The zero-order chi connectivity index (χ0) is 20.2. The van der Waals surface area contributed by atoms with E-state index in [1.165, 1.54) is 10.8 Å². The minimum absolute atomic E-state index is 0.408. The molecule has 28 heavy (non-hydrogen) atoms. The number of ether oxygens (including phenoxy) is 1. The molecule has 0 heterocycles. The highest BCUT2D eigenvalue weighted by Crippen LogP contribution is 2.20. The fraction of sp³-hybridized carbons (Fsp3) is 0.450. The average molecular weight is 407 g/mol. The van der Waals surface area contributed by atoms with E-state index in [9.17, 15) is 8.42 Å². The molecular formula is C20H30N4O3S. The molecule has 0 aliphatic rings. The summed E-state index contributed by atoms with van der Waals surface area (Å²) in [6.07, 6.45) is 2.65. The predicted molar refractivity (Wildman–Crippen MR) is 116 cm³/mol. The zero-order valence-electron chi connectivity index (χ0n) is 16.6. The second-order valence-electron chi connectivity index (χ2n) is 6.42. The monoisotopic (exact) mass is 406 g/mol. The van der Waals surface area contributed by atoms with E-state index in [2.05, 4.69) is 44.6 Å². The topological polar surface area (TPSA) is 91.8 Å². The van der Waals surface area contributed by atoms with E-state index in [-0.39, 0.29) is 0 Å². The van der Waals surface area contributed by atoms with Crippen LogP contribution in [0.4, 0.5) is 0 Å². The van der Waals surface area contributed by atoms with Crippen molar-refractivity contribution >= 4 is 26.8 Å². The molecular weight excluding hydrogens is 376 g/mol. The zero-order valence-corrected chi connectivity index (χ0v) is 17.4. The minimum Gasteiger partial charge on any atom is -0.494 e. The Hall–Kier alpha value is -2.32. The Balaban J connectivity index is 1.69. The van der Waals surface area contributed by atoms with E-state index in [1.54, 1.807) is 0 Å². The summed E-state index contributed by atoms with van der Waals surface area (Å²) in [5, 5.41) is 8.75. The second kappa shape index (κ2) is 11.5. The Labute approximate surface area is 167 Å². The predicted octanol–water partition coefficient (Wildman–Crippen LogP) is 2.10. The van der Waals surface area contributed by atoms with Crippen molar-refractivity contribution in [1.29, 1.82) is 0 Å². The van der Waals surface area contributed by atoms with Crippen LogP contribution in [0.25, 0.3) is 10.8 Å². The van der Waals surface area contributed by atoms with Crippen LogP contribution in [0.2, 0.25) is 0 Å². The maximum Gasteiger partial charge on any atom is 0.208 e. The average Bonchev–Trinajstić information content (AvgIpc) is 2.66. The Bertz CT molecular complexity index is 869. The second-order valence-corrected chi connectivity index (χ2v) is 8.25. The molecule has 0 radical (unpaired) electrons. The van der Waals surface area contributed by atoms with Gasteiger partial charge >= 0.3 is 0 Å². The van der Waals surface area contributed by atoms with Crippen LogP contribution in [0, 0.1) is 0 Å². The molecule has 2 aromatic rings. The summed E-state index contributed by atoms with van der Waals surface area (Å²) < 4.78 is 30.3. The maximum atomic E-state index is 11.0. The fourth-order valence-electron chi connectivity index (χ4n) is 2.60. The molecule has 2 rings (SSSR count). The van der Waals surface area contributed by atoms with Gasteiger partial charge in [-0.3, -0.25) is 4.99 Å². The summed E-state index contributed by atoms with van der Waals surface area (Å²) in [5.41, 5.74) is 0. The van der Waals surface area contributed by atoms with Crippen LogP contribution >= 0.6 is 0 Å². The van der Waals surface area contributed by atoms with Gasteiger partial charge in [0, 0.05) is 32.6 Å². The lowest BCUT2D eigenvalue weighted by atomic mass is 10.1. The smallest absolute Gasteiger partial charge is 0.208 e. The molecule has 0 aromatic heterocycles. The quantitative estimate of drug-likeness (QED) is 0.302. The number of guanidine groups is 1. The number of nitrogens with one attached hydrogen (secondary N) is 3. The molecule has 0 spiro atoms. The van der Waals surface area contributed by atoms with Crippen molar-refractivity contribution in [3.8, 4) is 5.75 Å². The number of benzene rings is 2. The van der Waals surface area contributed by atoms with Crippen LogP contribution in [0.3, 0.4) is 0 Å². The Morgan fingerprint density at radius 2 is 1.82 bits per heavy atom. The molecule has 0 saturated carbocycles. The Morgan fingerprint density at radius 1 is 1.04 bits per heavy atom. The first-order chi connectivity index (χ1) is 13.5. The van der Waals surface area contributed by atoms with Crippen LogP contribution in [-0.2, 0) is 10.0 Å². The molecule has 0 bridgehead atoms. The van der Waals surface area contributed by atoms with E-state index >= 15 is 0 Å². The van der Waals surface area contributed by atoms with E-state index in [0.29, 0.717) is 32.7 Å². The summed E-state index contributed by atoms with van der Waals surface area (Å²) >= 11 is 0. The molecule has 154 valence electrons. The summed E-state index contributed by atoms with van der Waals surface area (Å²) in [5.74, 6) is 1.60. The van der Waals surface area contributed by atoms with Crippen LogP contribution in [0.5, 0.6) is 5.75 Å².